The molecule has 2 aromatic carbocycles. The van der Waals surface area contributed by atoms with E-state index in [2.05, 4.69) is 0 Å². The number of ketones is 1. The zero-order valence-electron chi connectivity index (χ0n) is 14.8. The number of fused-ring (bicyclic) bond motifs is 1. The van der Waals surface area contributed by atoms with Gasteiger partial charge in [-0.25, -0.2) is 0 Å². The van der Waals surface area contributed by atoms with E-state index in [-0.39, 0.29) is 11.8 Å². The number of carbonyl (C=O) groups is 2. The van der Waals surface area contributed by atoms with Gasteiger partial charge in [-0.15, -0.1) is 0 Å². The fraction of sp³-hybridized carbons (Fsp3) is 0.238. The van der Waals surface area contributed by atoms with Gasteiger partial charge in [-0.2, -0.15) is 0 Å². The van der Waals surface area contributed by atoms with Gasteiger partial charge in [0.15, 0.2) is 5.78 Å². The number of benzene rings is 2. The lowest BCUT2D eigenvalue weighted by Crippen LogP contribution is -2.06. The average Bonchev–Trinajstić information content (AvgIpc) is 3.00. The predicted octanol–water partition coefficient (Wildman–Crippen LogP) is 3.80. The second-order valence-electron chi connectivity index (χ2n) is 6.12. The van der Waals surface area contributed by atoms with E-state index in [0.717, 1.165) is 10.9 Å². The molecule has 0 spiro atoms. The molecule has 0 aliphatic carbocycles. The smallest absolute Gasteiger partial charge is 0.305 e. The third-order valence-corrected chi connectivity index (χ3v) is 4.27. The fourth-order valence-electron chi connectivity index (χ4n) is 3.08. The molecule has 0 saturated carbocycles. The number of aryl methyl sites for hydroxylation is 1. The first-order valence-corrected chi connectivity index (χ1v) is 8.74. The molecule has 1 heterocycles. The molecule has 1 aromatic heterocycles. The van der Waals surface area contributed by atoms with Crippen LogP contribution in [0.3, 0.4) is 0 Å². The zero-order chi connectivity index (χ0) is 18.5. The number of aromatic nitrogens is 1. The van der Waals surface area contributed by atoms with Gasteiger partial charge in [0.25, 0.3) is 0 Å². The monoisotopic (exact) mass is 350 g/mol. The SMILES string of the molecule is CCOC(=O)CCCn1cc(C(=O)c2cccc(N)c2)c2ccccc21. The number of nitrogen functional groups attached to an aromatic ring is 1. The summed E-state index contributed by atoms with van der Waals surface area (Å²) >= 11 is 0. The topological polar surface area (TPSA) is 74.3 Å². The molecule has 0 aliphatic heterocycles. The Labute approximate surface area is 152 Å². The summed E-state index contributed by atoms with van der Waals surface area (Å²) in [5.41, 5.74) is 8.56. The van der Waals surface area contributed by atoms with Gasteiger partial charge in [-0.1, -0.05) is 30.3 Å². The first-order chi connectivity index (χ1) is 12.6. The van der Waals surface area contributed by atoms with Crippen molar-refractivity contribution in [1.82, 2.24) is 4.57 Å². The molecule has 0 amide bonds. The van der Waals surface area contributed by atoms with E-state index >= 15 is 0 Å². The van der Waals surface area contributed by atoms with E-state index in [1.54, 1.807) is 31.2 Å². The molecule has 0 atom stereocenters. The average molecular weight is 350 g/mol. The number of hydrogen-bond donors (Lipinski definition) is 1. The minimum absolute atomic E-state index is 0.0577. The van der Waals surface area contributed by atoms with Crippen LogP contribution in [0.4, 0.5) is 5.69 Å². The van der Waals surface area contributed by atoms with Gasteiger partial charge in [-0.05, 0) is 31.5 Å². The quantitative estimate of drug-likeness (QED) is 0.399. The molecule has 3 aromatic rings. The Morgan fingerprint density at radius 3 is 2.69 bits per heavy atom. The summed E-state index contributed by atoms with van der Waals surface area (Å²) in [6.07, 6.45) is 2.88. The van der Waals surface area contributed by atoms with Crippen molar-refractivity contribution in [3.8, 4) is 0 Å². The van der Waals surface area contributed by atoms with Gasteiger partial charge in [0, 0.05) is 46.9 Å². The van der Waals surface area contributed by atoms with Gasteiger partial charge >= 0.3 is 5.97 Å². The standard InChI is InChI=1S/C21H22N2O3/c1-2-26-20(24)11-6-12-23-14-18(17-9-3-4-10-19(17)23)21(25)15-7-5-8-16(22)13-15/h3-5,7-10,13-14H,2,6,11-12,22H2,1H3. The number of ether oxygens (including phenoxy) is 1. The van der Waals surface area contributed by atoms with Crippen molar-refractivity contribution < 1.29 is 14.3 Å². The Morgan fingerprint density at radius 2 is 1.92 bits per heavy atom. The second-order valence-corrected chi connectivity index (χ2v) is 6.12. The molecule has 0 fully saturated rings. The molecule has 0 unspecified atom stereocenters. The lowest BCUT2D eigenvalue weighted by Gasteiger charge is -2.05. The van der Waals surface area contributed by atoms with Crippen LogP contribution in [0, 0.1) is 0 Å². The van der Waals surface area contributed by atoms with E-state index in [9.17, 15) is 9.59 Å². The first-order valence-electron chi connectivity index (χ1n) is 8.74. The number of carbonyl (C=O) groups excluding carboxylic acids is 2. The minimum Gasteiger partial charge on any atom is -0.466 e. The van der Waals surface area contributed by atoms with E-state index in [0.29, 0.717) is 42.8 Å². The highest BCUT2D eigenvalue weighted by Crippen LogP contribution is 2.25. The molecule has 3 rings (SSSR count). The van der Waals surface area contributed by atoms with Crippen LogP contribution in [-0.2, 0) is 16.1 Å². The van der Waals surface area contributed by atoms with Crippen LogP contribution < -0.4 is 5.73 Å². The highest BCUT2D eigenvalue weighted by molar-refractivity contribution is 6.16. The van der Waals surface area contributed by atoms with Crippen molar-refractivity contribution in [2.45, 2.75) is 26.3 Å². The predicted molar refractivity (Wildman–Crippen MR) is 102 cm³/mol. The number of esters is 1. The maximum Gasteiger partial charge on any atom is 0.305 e. The molecule has 26 heavy (non-hydrogen) atoms. The van der Waals surface area contributed by atoms with Crippen molar-refractivity contribution in [3.63, 3.8) is 0 Å². The van der Waals surface area contributed by atoms with Gasteiger partial charge in [0.1, 0.15) is 0 Å². The van der Waals surface area contributed by atoms with Crippen molar-refractivity contribution >= 4 is 28.3 Å². The van der Waals surface area contributed by atoms with Crippen molar-refractivity contribution in [2.75, 3.05) is 12.3 Å². The number of anilines is 1. The summed E-state index contributed by atoms with van der Waals surface area (Å²) in [6.45, 7) is 2.83. The Bertz CT molecular complexity index is 943. The Morgan fingerprint density at radius 1 is 1.12 bits per heavy atom. The van der Waals surface area contributed by atoms with Crippen molar-refractivity contribution in [2.24, 2.45) is 0 Å². The molecule has 5 nitrogen and oxygen atoms in total. The lowest BCUT2D eigenvalue weighted by molar-refractivity contribution is -0.143. The lowest BCUT2D eigenvalue weighted by atomic mass is 10.0. The van der Waals surface area contributed by atoms with E-state index in [4.69, 9.17) is 10.5 Å². The third kappa shape index (κ3) is 3.77. The number of nitrogens with zero attached hydrogens (tertiary/aromatic N) is 1. The summed E-state index contributed by atoms with van der Waals surface area (Å²) in [5, 5.41) is 0.899. The van der Waals surface area contributed by atoms with Crippen LogP contribution in [0.15, 0.2) is 54.7 Å². The Balaban J connectivity index is 1.87. The highest BCUT2D eigenvalue weighted by Gasteiger charge is 2.17. The van der Waals surface area contributed by atoms with E-state index < -0.39 is 0 Å². The van der Waals surface area contributed by atoms with Crippen LogP contribution in [0.25, 0.3) is 10.9 Å². The summed E-state index contributed by atoms with van der Waals surface area (Å²) in [6, 6.07) is 14.8. The molecule has 0 radical (unpaired) electrons. The summed E-state index contributed by atoms with van der Waals surface area (Å²) in [4.78, 5) is 24.5. The molecular formula is C21H22N2O3. The van der Waals surface area contributed by atoms with Gasteiger partial charge in [-0.3, -0.25) is 9.59 Å². The van der Waals surface area contributed by atoms with Crippen LogP contribution in [0.2, 0.25) is 0 Å². The van der Waals surface area contributed by atoms with Gasteiger partial charge in [0.05, 0.1) is 6.61 Å². The highest BCUT2D eigenvalue weighted by atomic mass is 16.5. The van der Waals surface area contributed by atoms with Crippen LogP contribution in [0.5, 0.6) is 0 Å². The largest absolute Gasteiger partial charge is 0.466 e. The van der Waals surface area contributed by atoms with Gasteiger partial charge in [0.2, 0.25) is 0 Å². The van der Waals surface area contributed by atoms with Crippen molar-refractivity contribution in [1.29, 1.82) is 0 Å². The number of hydrogen-bond acceptors (Lipinski definition) is 4. The summed E-state index contributed by atoms with van der Waals surface area (Å²) < 4.78 is 6.99. The zero-order valence-corrected chi connectivity index (χ0v) is 14.8. The molecule has 134 valence electrons. The van der Waals surface area contributed by atoms with Gasteiger partial charge < -0.3 is 15.0 Å². The Hall–Kier alpha value is -3.08. The summed E-state index contributed by atoms with van der Waals surface area (Å²) in [7, 11) is 0. The molecule has 0 aliphatic rings. The molecule has 5 heteroatoms. The number of para-hydroxylation sites is 1. The summed E-state index contributed by atoms with van der Waals surface area (Å²) in [5.74, 6) is -0.252. The normalized spacial score (nSPS) is 10.8. The molecule has 0 bridgehead atoms. The molecule has 2 N–H and O–H groups in total. The molecular weight excluding hydrogens is 328 g/mol. The third-order valence-electron chi connectivity index (χ3n) is 4.27. The maximum atomic E-state index is 13.0. The van der Waals surface area contributed by atoms with Crippen LogP contribution >= 0.6 is 0 Å². The number of nitrogens with two attached hydrogens (primary N) is 1. The van der Waals surface area contributed by atoms with Crippen LogP contribution in [0.1, 0.15) is 35.7 Å². The molecule has 0 saturated heterocycles. The first kappa shape index (κ1) is 17.7. The Kier molecular flexibility index (Phi) is 5.37. The number of rotatable bonds is 7. The second kappa shape index (κ2) is 7.87. The van der Waals surface area contributed by atoms with E-state index in [1.165, 1.54) is 0 Å². The maximum absolute atomic E-state index is 13.0. The minimum atomic E-state index is -0.194. The fourth-order valence-corrected chi connectivity index (χ4v) is 3.08. The van der Waals surface area contributed by atoms with Crippen molar-refractivity contribution in [3.05, 3.63) is 65.9 Å². The van der Waals surface area contributed by atoms with Crippen LogP contribution in [-0.4, -0.2) is 22.9 Å². The van der Waals surface area contributed by atoms with E-state index in [1.807, 2.05) is 35.0 Å².